The highest BCUT2D eigenvalue weighted by Crippen LogP contribution is 2.22. The van der Waals surface area contributed by atoms with E-state index in [1.807, 2.05) is 0 Å². The normalized spacial score (nSPS) is 14.8. The second-order valence-electron chi connectivity index (χ2n) is 5.38. The summed E-state index contributed by atoms with van der Waals surface area (Å²) in [4.78, 5) is 2.46. The molecule has 3 nitrogen and oxygen atoms in total. The molecule has 3 heteroatoms. The van der Waals surface area contributed by atoms with Gasteiger partial charge in [-0.25, -0.2) is 0 Å². The monoisotopic (exact) mass is 269 g/mol. The van der Waals surface area contributed by atoms with Crippen LogP contribution in [0.4, 0.5) is 11.4 Å². The van der Waals surface area contributed by atoms with Crippen molar-refractivity contribution in [2.24, 2.45) is 0 Å². The molecule has 0 radical (unpaired) electrons. The van der Waals surface area contributed by atoms with Gasteiger partial charge in [0.05, 0.1) is 6.54 Å². The molecule has 0 aliphatic carbocycles. The summed E-state index contributed by atoms with van der Waals surface area (Å²) < 4.78 is 2.27. The molecule has 1 aliphatic heterocycles. The molecule has 0 atom stereocenters. The molecule has 0 spiro atoms. The minimum Gasteiger partial charge on any atom is -0.379 e. The average Bonchev–Trinajstić information content (AvgIpc) is 3.16. The van der Waals surface area contributed by atoms with Crippen molar-refractivity contribution in [2.45, 2.75) is 32.9 Å². The van der Waals surface area contributed by atoms with Gasteiger partial charge in [-0.15, -0.1) is 0 Å². The number of nitrogens with zero attached hydrogens (tertiary/aromatic N) is 2. The van der Waals surface area contributed by atoms with Gasteiger partial charge in [0, 0.05) is 42.9 Å². The first-order valence-electron chi connectivity index (χ1n) is 7.60. The fraction of sp³-hybridized carbons (Fsp3) is 0.412. The molecule has 106 valence electrons. The quantitative estimate of drug-likeness (QED) is 0.892. The molecule has 2 heterocycles. The Morgan fingerprint density at radius 1 is 1.05 bits per heavy atom. The first kappa shape index (κ1) is 13.1. The summed E-state index contributed by atoms with van der Waals surface area (Å²) in [6.45, 7) is 6.49. The molecule has 0 saturated carbocycles. The first-order valence-corrected chi connectivity index (χ1v) is 7.60. The molecule has 2 aromatic rings. The van der Waals surface area contributed by atoms with Gasteiger partial charge in [-0.05, 0) is 56.2 Å². The van der Waals surface area contributed by atoms with Crippen molar-refractivity contribution in [3.05, 3.63) is 48.3 Å². The van der Waals surface area contributed by atoms with E-state index in [1.165, 1.54) is 43.0 Å². The van der Waals surface area contributed by atoms with Crippen LogP contribution in [-0.2, 0) is 13.1 Å². The van der Waals surface area contributed by atoms with Crippen LogP contribution in [0.25, 0.3) is 0 Å². The summed E-state index contributed by atoms with van der Waals surface area (Å²) in [5, 5.41) is 3.50. The Hall–Kier alpha value is -1.90. The Balaban J connectivity index is 1.60. The second kappa shape index (κ2) is 6.04. The average molecular weight is 269 g/mol. The number of aromatic nitrogens is 1. The number of anilines is 2. The van der Waals surface area contributed by atoms with E-state index in [-0.39, 0.29) is 0 Å². The van der Waals surface area contributed by atoms with E-state index in [0.29, 0.717) is 0 Å². The van der Waals surface area contributed by atoms with Crippen LogP contribution in [-0.4, -0.2) is 17.7 Å². The van der Waals surface area contributed by atoms with E-state index in [0.717, 1.165) is 13.1 Å². The summed E-state index contributed by atoms with van der Waals surface area (Å²) in [6, 6.07) is 13.1. The maximum absolute atomic E-state index is 3.50. The zero-order valence-electron chi connectivity index (χ0n) is 12.2. The molecule has 3 rings (SSSR count). The van der Waals surface area contributed by atoms with Gasteiger partial charge in [0.25, 0.3) is 0 Å². The summed E-state index contributed by atoms with van der Waals surface area (Å²) in [5.74, 6) is 0. The lowest BCUT2D eigenvalue weighted by Crippen LogP contribution is -2.17. The predicted molar refractivity (Wildman–Crippen MR) is 85.3 cm³/mol. The maximum Gasteiger partial charge on any atom is 0.0553 e. The van der Waals surface area contributed by atoms with E-state index >= 15 is 0 Å². The van der Waals surface area contributed by atoms with Gasteiger partial charge in [0.2, 0.25) is 0 Å². The van der Waals surface area contributed by atoms with Crippen LogP contribution in [0.2, 0.25) is 0 Å². The summed E-state index contributed by atoms with van der Waals surface area (Å²) in [5.41, 5.74) is 3.87. The zero-order valence-corrected chi connectivity index (χ0v) is 12.2. The van der Waals surface area contributed by atoms with Gasteiger partial charge in [-0.2, -0.15) is 0 Å². The van der Waals surface area contributed by atoms with E-state index in [2.05, 4.69) is 64.3 Å². The highest BCUT2D eigenvalue weighted by Gasteiger charge is 2.11. The van der Waals surface area contributed by atoms with Crippen LogP contribution in [0, 0.1) is 0 Å². The van der Waals surface area contributed by atoms with Crippen molar-refractivity contribution < 1.29 is 0 Å². The largest absolute Gasteiger partial charge is 0.379 e. The van der Waals surface area contributed by atoms with Crippen LogP contribution in [0.1, 0.15) is 25.5 Å². The molecular weight excluding hydrogens is 246 g/mol. The molecule has 0 unspecified atom stereocenters. The lowest BCUT2D eigenvalue weighted by Gasteiger charge is -2.18. The van der Waals surface area contributed by atoms with Gasteiger partial charge in [0.1, 0.15) is 0 Å². The molecule has 1 aliphatic rings. The van der Waals surface area contributed by atoms with E-state index in [1.54, 1.807) is 0 Å². The second-order valence-corrected chi connectivity index (χ2v) is 5.38. The van der Waals surface area contributed by atoms with E-state index in [9.17, 15) is 0 Å². The molecule has 1 saturated heterocycles. The molecule has 1 fully saturated rings. The number of rotatable bonds is 5. The van der Waals surface area contributed by atoms with Gasteiger partial charge >= 0.3 is 0 Å². The first-order chi connectivity index (χ1) is 9.86. The van der Waals surface area contributed by atoms with E-state index < -0.39 is 0 Å². The van der Waals surface area contributed by atoms with Gasteiger partial charge in [-0.3, -0.25) is 0 Å². The third-order valence-electron chi connectivity index (χ3n) is 4.08. The van der Waals surface area contributed by atoms with Crippen LogP contribution in [0.15, 0.2) is 42.6 Å². The summed E-state index contributed by atoms with van der Waals surface area (Å²) in [6.07, 6.45) is 4.79. The van der Waals surface area contributed by atoms with Crippen molar-refractivity contribution in [1.29, 1.82) is 0 Å². The van der Waals surface area contributed by atoms with Gasteiger partial charge in [-0.1, -0.05) is 0 Å². The van der Waals surface area contributed by atoms with Crippen molar-refractivity contribution in [3.8, 4) is 0 Å². The molecule has 1 aromatic carbocycles. The third-order valence-corrected chi connectivity index (χ3v) is 4.08. The van der Waals surface area contributed by atoms with Crippen LogP contribution < -0.4 is 10.2 Å². The van der Waals surface area contributed by atoms with Crippen molar-refractivity contribution in [2.75, 3.05) is 23.3 Å². The Morgan fingerprint density at radius 2 is 1.80 bits per heavy atom. The fourth-order valence-electron chi connectivity index (χ4n) is 2.88. The zero-order chi connectivity index (χ0) is 13.8. The Kier molecular flexibility index (Phi) is 3.95. The molecular formula is C17H23N3. The SMILES string of the molecule is CCn1cccc1CNc1ccc(N2CCCC2)cc1. The van der Waals surface area contributed by atoms with Gasteiger partial charge < -0.3 is 14.8 Å². The molecule has 1 N–H and O–H groups in total. The molecule has 1 aromatic heterocycles. The van der Waals surface area contributed by atoms with Crippen molar-refractivity contribution >= 4 is 11.4 Å². The van der Waals surface area contributed by atoms with Crippen LogP contribution >= 0.6 is 0 Å². The Labute approximate surface area is 121 Å². The number of benzene rings is 1. The number of hydrogen-bond donors (Lipinski definition) is 1. The predicted octanol–water partition coefficient (Wildman–Crippen LogP) is 3.72. The number of nitrogens with one attached hydrogen (secondary N) is 1. The van der Waals surface area contributed by atoms with Crippen molar-refractivity contribution in [3.63, 3.8) is 0 Å². The third kappa shape index (κ3) is 2.82. The Bertz CT molecular complexity index is 536. The van der Waals surface area contributed by atoms with Crippen LogP contribution in [0.5, 0.6) is 0 Å². The Morgan fingerprint density at radius 3 is 2.50 bits per heavy atom. The lowest BCUT2D eigenvalue weighted by atomic mass is 10.2. The smallest absolute Gasteiger partial charge is 0.0553 e. The van der Waals surface area contributed by atoms with Crippen molar-refractivity contribution in [1.82, 2.24) is 4.57 Å². The highest BCUT2D eigenvalue weighted by atomic mass is 15.1. The highest BCUT2D eigenvalue weighted by molar-refractivity contribution is 5.55. The molecule has 0 bridgehead atoms. The summed E-state index contributed by atoms with van der Waals surface area (Å²) in [7, 11) is 0. The molecule has 20 heavy (non-hydrogen) atoms. The lowest BCUT2D eigenvalue weighted by molar-refractivity contribution is 0.724. The topological polar surface area (TPSA) is 20.2 Å². The van der Waals surface area contributed by atoms with Crippen LogP contribution in [0.3, 0.4) is 0 Å². The minimum absolute atomic E-state index is 0.879. The maximum atomic E-state index is 3.50. The minimum atomic E-state index is 0.879. The number of aryl methyl sites for hydroxylation is 1. The summed E-state index contributed by atoms with van der Waals surface area (Å²) >= 11 is 0. The standard InChI is InChI=1S/C17H23N3/c1-2-19-13-5-6-17(19)14-18-15-7-9-16(10-8-15)20-11-3-4-12-20/h5-10,13,18H,2-4,11-12,14H2,1H3. The molecule has 0 amide bonds. The van der Waals surface area contributed by atoms with E-state index in [4.69, 9.17) is 0 Å². The van der Waals surface area contributed by atoms with Gasteiger partial charge in [0.15, 0.2) is 0 Å². The fourth-order valence-corrected chi connectivity index (χ4v) is 2.88. The number of hydrogen-bond acceptors (Lipinski definition) is 2.